The van der Waals surface area contributed by atoms with E-state index in [-0.39, 0.29) is 24.4 Å². The van der Waals surface area contributed by atoms with E-state index >= 15 is 0 Å². The standard InChI is InChI=1S/C14H18N2O2.ClH/c1-16(12-5-7-18-9-12)14(17)11-2-3-13-10(8-11)4-6-15-13;/h2-3,8,12,15H,4-7,9H2,1H3;1H. The van der Waals surface area contributed by atoms with Gasteiger partial charge in [-0.05, 0) is 36.6 Å². The van der Waals surface area contributed by atoms with Gasteiger partial charge >= 0.3 is 0 Å². The Kier molecular flexibility index (Phi) is 4.32. The molecule has 19 heavy (non-hydrogen) atoms. The molecule has 1 N–H and O–H groups in total. The molecule has 4 nitrogen and oxygen atoms in total. The van der Waals surface area contributed by atoms with Gasteiger partial charge in [0, 0.05) is 31.5 Å². The van der Waals surface area contributed by atoms with E-state index in [2.05, 4.69) is 5.32 Å². The van der Waals surface area contributed by atoms with Gasteiger partial charge in [-0.3, -0.25) is 4.79 Å². The minimum Gasteiger partial charge on any atom is -0.384 e. The highest BCUT2D eigenvalue weighted by atomic mass is 35.5. The van der Waals surface area contributed by atoms with Crippen LogP contribution >= 0.6 is 12.4 Å². The zero-order valence-electron chi connectivity index (χ0n) is 11.0. The number of rotatable bonds is 2. The number of benzene rings is 1. The Balaban J connectivity index is 0.00000133. The molecule has 0 spiro atoms. The van der Waals surface area contributed by atoms with Crippen molar-refractivity contribution in [2.24, 2.45) is 0 Å². The highest BCUT2D eigenvalue weighted by Crippen LogP contribution is 2.24. The third-order valence-corrected chi connectivity index (χ3v) is 3.84. The Labute approximate surface area is 119 Å². The summed E-state index contributed by atoms with van der Waals surface area (Å²) in [5.74, 6) is 0.0974. The largest absolute Gasteiger partial charge is 0.384 e. The molecule has 0 saturated carbocycles. The van der Waals surface area contributed by atoms with E-state index in [9.17, 15) is 4.79 Å². The first-order chi connectivity index (χ1) is 8.75. The molecule has 2 aliphatic heterocycles. The summed E-state index contributed by atoms with van der Waals surface area (Å²) in [6.45, 7) is 2.39. The highest BCUT2D eigenvalue weighted by molar-refractivity contribution is 5.95. The smallest absolute Gasteiger partial charge is 0.253 e. The fraction of sp³-hybridized carbons (Fsp3) is 0.500. The van der Waals surface area contributed by atoms with Crippen molar-refractivity contribution in [1.82, 2.24) is 4.90 Å². The first kappa shape index (κ1) is 14.2. The van der Waals surface area contributed by atoms with E-state index in [4.69, 9.17) is 4.74 Å². The molecule has 0 aliphatic carbocycles. The van der Waals surface area contributed by atoms with E-state index in [1.165, 1.54) is 11.3 Å². The zero-order chi connectivity index (χ0) is 12.5. The topological polar surface area (TPSA) is 41.6 Å². The molecule has 1 unspecified atom stereocenters. The number of fused-ring (bicyclic) bond motifs is 1. The van der Waals surface area contributed by atoms with Crippen molar-refractivity contribution in [1.29, 1.82) is 0 Å². The molecule has 0 aromatic heterocycles. The van der Waals surface area contributed by atoms with Crippen molar-refractivity contribution in [3.05, 3.63) is 29.3 Å². The van der Waals surface area contributed by atoms with Gasteiger partial charge in [-0.25, -0.2) is 0 Å². The fourth-order valence-corrected chi connectivity index (χ4v) is 2.63. The maximum Gasteiger partial charge on any atom is 0.253 e. The molecule has 1 aromatic carbocycles. The lowest BCUT2D eigenvalue weighted by atomic mass is 10.1. The molecule has 104 valence electrons. The lowest BCUT2D eigenvalue weighted by molar-refractivity contribution is 0.0711. The Hall–Kier alpha value is -1.26. The Morgan fingerprint density at radius 3 is 3.05 bits per heavy atom. The number of ether oxygens (including phenoxy) is 1. The van der Waals surface area contributed by atoms with E-state index < -0.39 is 0 Å². The van der Waals surface area contributed by atoms with Crippen molar-refractivity contribution < 1.29 is 9.53 Å². The summed E-state index contributed by atoms with van der Waals surface area (Å²) < 4.78 is 5.33. The van der Waals surface area contributed by atoms with Crippen LogP contribution in [0.1, 0.15) is 22.3 Å². The van der Waals surface area contributed by atoms with Gasteiger partial charge in [0.15, 0.2) is 0 Å². The van der Waals surface area contributed by atoms with Crippen LogP contribution < -0.4 is 5.32 Å². The summed E-state index contributed by atoms with van der Waals surface area (Å²) in [6, 6.07) is 6.16. The quantitative estimate of drug-likeness (QED) is 0.901. The van der Waals surface area contributed by atoms with E-state index in [1.807, 2.05) is 30.1 Å². The molecular weight excluding hydrogens is 264 g/mol. The predicted molar refractivity (Wildman–Crippen MR) is 77.2 cm³/mol. The first-order valence-corrected chi connectivity index (χ1v) is 6.47. The van der Waals surface area contributed by atoms with E-state index in [1.54, 1.807) is 0 Å². The van der Waals surface area contributed by atoms with Crippen molar-refractivity contribution in [2.45, 2.75) is 18.9 Å². The molecule has 2 aliphatic rings. The molecule has 5 heteroatoms. The fourth-order valence-electron chi connectivity index (χ4n) is 2.63. The predicted octanol–water partition coefficient (Wildman–Crippen LogP) is 1.94. The molecule has 3 rings (SSSR count). The summed E-state index contributed by atoms with van der Waals surface area (Å²) in [5, 5.41) is 3.31. The van der Waals surface area contributed by atoms with E-state index in [0.717, 1.165) is 31.6 Å². The Morgan fingerprint density at radius 2 is 2.32 bits per heavy atom. The van der Waals surface area contributed by atoms with Crippen LogP contribution in [0.5, 0.6) is 0 Å². The Bertz CT molecular complexity index is 473. The van der Waals surface area contributed by atoms with Crippen molar-refractivity contribution >= 4 is 24.0 Å². The molecule has 1 saturated heterocycles. The SMILES string of the molecule is CN(C(=O)c1ccc2c(c1)CCN2)C1CCOC1.Cl. The van der Waals surface area contributed by atoms with Gasteiger partial charge in [-0.2, -0.15) is 0 Å². The molecule has 1 amide bonds. The number of carbonyl (C=O) groups excluding carboxylic acids is 1. The Morgan fingerprint density at radius 1 is 1.47 bits per heavy atom. The van der Waals surface area contributed by atoms with Crippen molar-refractivity contribution in [3.8, 4) is 0 Å². The summed E-state index contributed by atoms with van der Waals surface area (Å²) >= 11 is 0. The highest BCUT2D eigenvalue weighted by Gasteiger charge is 2.25. The van der Waals surface area contributed by atoms with Gasteiger partial charge in [-0.1, -0.05) is 0 Å². The summed E-state index contributed by atoms with van der Waals surface area (Å²) in [7, 11) is 1.87. The van der Waals surface area contributed by atoms with Crippen LogP contribution in [0.4, 0.5) is 5.69 Å². The molecule has 2 heterocycles. The average molecular weight is 283 g/mol. The lowest BCUT2D eigenvalue weighted by Gasteiger charge is -2.23. The number of hydrogen-bond acceptors (Lipinski definition) is 3. The second-order valence-corrected chi connectivity index (χ2v) is 4.98. The zero-order valence-corrected chi connectivity index (χ0v) is 11.8. The summed E-state index contributed by atoms with van der Waals surface area (Å²) in [5.41, 5.74) is 3.20. The first-order valence-electron chi connectivity index (χ1n) is 6.47. The third-order valence-electron chi connectivity index (χ3n) is 3.84. The maximum atomic E-state index is 12.4. The number of hydrogen-bond donors (Lipinski definition) is 1. The minimum absolute atomic E-state index is 0. The molecular formula is C14H19ClN2O2. The second-order valence-electron chi connectivity index (χ2n) is 4.98. The number of halogens is 1. The molecule has 0 radical (unpaired) electrons. The van der Waals surface area contributed by atoms with Gasteiger partial charge in [0.25, 0.3) is 5.91 Å². The van der Waals surface area contributed by atoms with Crippen LogP contribution in [0.25, 0.3) is 0 Å². The summed E-state index contributed by atoms with van der Waals surface area (Å²) in [6.07, 6.45) is 1.95. The van der Waals surface area contributed by atoms with Gasteiger partial charge < -0.3 is 15.0 Å². The van der Waals surface area contributed by atoms with Gasteiger partial charge in [-0.15, -0.1) is 12.4 Å². The van der Waals surface area contributed by atoms with Crippen LogP contribution in [-0.4, -0.2) is 43.7 Å². The van der Waals surface area contributed by atoms with E-state index in [0.29, 0.717) is 6.61 Å². The summed E-state index contributed by atoms with van der Waals surface area (Å²) in [4.78, 5) is 14.2. The lowest BCUT2D eigenvalue weighted by Crippen LogP contribution is -2.37. The van der Waals surface area contributed by atoms with Crippen LogP contribution in [0.15, 0.2) is 18.2 Å². The second kappa shape index (κ2) is 5.80. The van der Waals surface area contributed by atoms with Gasteiger partial charge in [0.1, 0.15) is 0 Å². The van der Waals surface area contributed by atoms with Crippen LogP contribution in [0.3, 0.4) is 0 Å². The van der Waals surface area contributed by atoms with Gasteiger partial charge in [0.05, 0.1) is 12.6 Å². The normalized spacial score (nSPS) is 20.4. The molecule has 0 bridgehead atoms. The van der Waals surface area contributed by atoms with Crippen LogP contribution in [0.2, 0.25) is 0 Å². The minimum atomic E-state index is 0. The molecule has 1 fully saturated rings. The van der Waals surface area contributed by atoms with Crippen molar-refractivity contribution in [2.75, 3.05) is 32.1 Å². The number of amides is 1. The molecule has 1 aromatic rings. The van der Waals surface area contributed by atoms with Gasteiger partial charge in [0.2, 0.25) is 0 Å². The maximum absolute atomic E-state index is 12.4. The van der Waals surface area contributed by atoms with Crippen LogP contribution in [0, 0.1) is 0 Å². The number of nitrogens with zero attached hydrogens (tertiary/aromatic N) is 1. The third kappa shape index (κ3) is 2.69. The number of nitrogens with one attached hydrogen (secondary N) is 1. The number of carbonyl (C=O) groups is 1. The monoisotopic (exact) mass is 282 g/mol. The molecule has 1 atom stereocenters. The van der Waals surface area contributed by atoms with Crippen LogP contribution in [-0.2, 0) is 11.2 Å². The number of anilines is 1. The average Bonchev–Trinajstić information content (AvgIpc) is 3.06. The van der Waals surface area contributed by atoms with Crippen molar-refractivity contribution in [3.63, 3.8) is 0 Å². The number of likely N-dealkylation sites (N-methyl/N-ethyl adjacent to an activating group) is 1.